The van der Waals surface area contributed by atoms with Crippen molar-refractivity contribution < 1.29 is 37.6 Å². The number of phosphoric ester groups is 1. The topological polar surface area (TPSA) is 134 Å². The molecule has 0 saturated heterocycles. The summed E-state index contributed by atoms with van der Waals surface area (Å²) in [7, 11) is -4.39. The molecule has 0 saturated carbocycles. The molecular formula is C73H136NO8P. The normalized spacial score (nSPS) is 13.3. The van der Waals surface area contributed by atoms with Crippen LogP contribution in [0.5, 0.6) is 0 Å². The maximum atomic E-state index is 12.8. The zero-order valence-corrected chi connectivity index (χ0v) is 55.6. The Morgan fingerprint density at radius 3 is 0.988 bits per heavy atom. The lowest BCUT2D eigenvalue weighted by molar-refractivity contribution is -0.161. The fourth-order valence-corrected chi connectivity index (χ4v) is 11.4. The van der Waals surface area contributed by atoms with Crippen LogP contribution in [0.1, 0.15) is 361 Å². The van der Waals surface area contributed by atoms with Crippen molar-refractivity contribution in [3.63, 3.8) is 0 Å². The van der Waals surface area contributed by atoms with E-state index in [1.165, 1.54) is 257 Å². The molecule has 10 heteroatoms. The van der Waals surface area contributed by atoms with Crippen LogP contribution in [0.2, 0.25) is 0 Å². The molecule has 3 N–H and O–H groups in total. The van der Waals surface area contributed by atoms with Crippen molar-refractivity contribution in [2.75, 3.05) is 26.4 Å². The molecule has 0 aliphatic heterocycles. The van der Waals surface area contributed by atoms with Crippen molar-refractivity contribution in [1.29, 1.82) is 0 Å². The second-order valence-electron chi connectivity index (χ2n) is 24.1. The molecule has 0 bridgehead atoms. The van der Waals surface area contributed by atoms with Gasteiger partial charge < -0.3 is 20.1 Å². The molecule has 0 fully saturated rings. The van der Waals surface area contributed by atoms with Gasteiger partial charge in [-0.3, -0.25) is 18.6 Å². The molecular weight excluding hydrogens is 1050 g/mol. The van der Waals surface area contributed by atoms with Gasteiger partial charge in [-0.05, 0) is 57.8 Å². The van der Waals surface area contributed by atoms with Crippen molar-refractivity contribution >= 4 is 19.8 Å². The molecule has 0 rings (SSSR count). The fourth-order valence-electron chi connectivity index (χ4n) is 10.7. The summed E-state index contributed by atoms with van der Waals surface area (Å²) < 4.78 is 33.2. The standard InChI is InChI=1S/C73H136NO8P/c1-3-5-7-9-11-13-15-17-19-21-23-25-27-29-31-33-35-37-39-41-43-45-47-49-51-53-55-57-59-61-63-65-72(75)79-69-71(70-81-83(77,78)80-68-67-74)82-73(76)66-64-62-60-58-56-54-52-50-48-46-44-42-40-38-36-34-32-30-28-26-24-22-20-18-16-14-12-10-8-6-4-2/h6,8,12,14,18,20,24,26,30,32,71H,3-5,7,9-11,13,15-17,19,21-23,25,27-29,31,33-70,74H2,1-2H3,(H,77,78)/b8-6-,14-12-,20-18-,26-24-,32-30-. The molecule has 9 nitrogen and oxygen atoms in total. The number of hydrogen-bond donors (Lipinski definition) is 2. The van der Waals surface area contributed by atoms with Gasteiger partial charge in [0.15, 0.2) is 6.10 Å². The van der Waals surface area contributed by atoms with Crippen LogP contribution in [0.15, 0.2) is 60.8 Å². The summed E-state index contributed by atoms with van der Waals surface area (Å²) in [6.07, 6.45) is 89.0. The van der Waals surface area contributed by atoms with E-state index in [1.54, 1.807) is 0 Å². The van der Waals surface area contributed by atoms with Crippen LogP contribution < -0.4 is 5.73 Å². The molecule has 0 heterocycles. The smallest absolute Gasteiger partial charge is 0.462 e. The molecule has 83 heavy (non-hydrogen) atoms. The van der Waals surface area contributed by atoms with Gasteiger partial charge in [0.25, 0.3) is 0 Å². The molecule has 0 aromatic rings. The highest BCUT2D eigenvalue weighted by Gasteiger charge is 2.26. The minimum Gasteiger partial charge on any atom is -0.462 e. The molecule has 0 radical (unpaired) electrons. The van der Waals surface area contributed by atoms with Crippen LogP contribution in [0.3, 0.4) is 0 Å². The first-order chi connectivity index (χ1) is 40.8. The van der Waals surface area contributed by atoms with E-state index in [2.05, 4.69) is 74.6 Å². The number of nitrogens with two attached hydrogens (primary N) is 1. The van der Waals surface area contributed by atoms with Crippen molar-refractivity contribution in [3.8, 4) is 0 Å². The van der Waals surface area contributed by atoms with E-state index in [1.807, 2.05) is 0 Å². The number of esters is 2. The van der Waals surface area contributed by atoms with Gasteiger partial charge in [-0.1, -0.05) is 351 Å². The summed E-state index contributed by atoms with van der Waals surface area (Å²) in [5, 5.41) is 0. The second-order valence-corrected chi connectivity index (χ2v) is 25.5. The van der Waals surface area contributed by atoms with Gasteiger partial charge in [-0.25, -0.2) is 4.57 Å². The van der Waals surface area contributed by atoms with Crippen LogP contribution in [0, 0.1) is 0 Å². The summed E-state index contributed by atoms with van der Waals surface area (Å²) >= 11 is 0. The van der Waals surface area contributed by atoms with Crippen LogP contribution in [-0.4, -0.2) is 49.3 Å². The van der Waals surface area contributed by atoms with E-state index in [0.717, 1.165) is 70.6 Å². The average Bonchev–Trinajstić information content (AvgIpc) is 3.48. The molecule has 2 unspecified atom stereocenters. The number of carbonyl (C=O) groups excluding carboxylic acids is 2. The van der Waals surface area contributed by atoms with Gasteiger partial charge in [0.05, 0.1) is 13.2 Å². The van der Waals surface area contributed by atoms with Gasteiger partial charge in [0.2, 0.25) is 0 Å². The van der Waals surface area contributed by atoms with Crippen molar-refractivity contribution in [2.45, 2.75) is 367 Å². The largest absolute Gasteiger partial charge is 0.472 e. The summed E-state index contributed by atoms with van der Waals surface area (Å²) in [6.45, 7) is 3.70. The quantitative estimate of drug-likeness (QED) is 0.0264. The molecule has 0 aromatic heterocycles. The molecule has 0 aromatic carbocycles. The predicted octanol–water partition coefficient (Wildman–Crippen LogP) is 23.4. The number of allylic oxidation sites excluding steroid dienone is 10. The predicted molar refractivity (Wildman–Crippen MR) is 358 cm³/mol. The van der Waals surface area contributed by atoms with Crippen molar-refractivity contribution in [1.82, 2.24) is 0 Å². The van der Waals surface area contributed by atoms with E-state index in [9.17, 15) is 19.0 Å². The second kappa shape index (κ2) is 68.8. The summed E-state index contributed by atoms with van der Waals surface area (Å²) in [4.78, 5) is 35.4. The number of carbonyl (C=O) groups is 2. The first kappa shape index (κ1) is 80.7. The Morgan fingerprint density at radius 2 is 0.663 bits per heavy atom. The Kier molecular flexibility index (Phi) is 66.9. The number of phosphoric acid groups is 1. The van der Waals surface area contributed by atoms with E-state index in [-0.39, 0.29) is 38.6 Å². The third kappa shape index (κ3) is 68.7. The Labute approximate surface area is 514 Å². The molecule has 2 atom stereocenters. The van der Waals surface area contributed by atoms with Gasteiger partial charge >= 0.3 is 19.8 Å². The Bertz CT molecular complexity index is 1540. The van der Waals surface area contributed by atoms with Crippen LogP contribution >= 0.6 is 7.82 Å². The van der Waals surface area contributed by atoms with Gasteiger partial charge in [0.1, 0.15) is 6.61 Å². The average molecular weight is 1190 g/mol. The third-order valence-corrected chi connectivity index (χ3v) is 16.9. The monoisotopic (exact) mass is 1190 g/mol. The summed E-state index contributed by atoms with van der Waals surface area (Å²) in [5.74, 6) is -0.809. The number of unbranched alkanes of at least 4 members (excludes halogenated alkanes) is 45. The van der Waals surface area contributed by atoms with Crippen molar-refractivity contribution in [3.05, 3.63) is 60.8 Å². The van der Waals surface area contributed by atoms with Crippen LogP contribution in [-0.2, 0) is 32.7 Å². The SMILES string of the molecule is CC/C=C\C/C=C\C/C=C\C/C=C\C/C=C\CCCCCCCCCCCCCCCCCC(=O)OC(COC(=O)CCCCCCCCCCCCCCCCCCCCCCCCCCCCCCCCC)COP(=O)(O)OCCN. The van der Waals surface area contributed by atoms with Gasteiger partial charge in [0, 0.05) is 19.4 Å². The lowest BCUT2D eigenvalue weighted by atomic mass is 10.0. The molecule has 0 aliphatic rings. The first-order valence-electron chi connectivity index (χ1n) is 35.8. The molecule has 0 spiro atoms. The lowest BCUT2D eigenvalue weighted by Gasteiger charge is -2.19. The molecule has 0 aliphatic carbocycles. The number of hydrogen-bond acceptors (Lipinski definition) is 8. The summed E-state index contributed by atoms with van der Waals surface area (Å²) in [5.41, 5.74) is 5.41. The Hall–Kier alpha value is -2.29. The Balaban J connectivity index is 3.83. The zero-order valence-electron chi connectivity index (χ0n) is 54.7. The highest BCUT2D eigenvalue weighted by Crippen LogP contribution is 2.43. The highest BCUT2D eigenvalue weighted by atomic mass is 31.2. The number of ether oxygens (including phenoxy) is 2. The summed E-state index contributed by atoms with van der Waals surface area (Å²) in [6, 6.07) is 0. The minimum atomic E-state index is -4.39. The van der Waals surface area contributed by atoms with E-state index < -0.39 is 26.5 Å². The third-order valence-electron chi connectivity index (χ3n) is 15.9. The molecule has 0 amide bonds. The Morgan fingerprint density at radius 1 is 0.373 bits per heavy atom. The maximum absolute atomic E-state index is 12.8. The highest BCUT2D eigenvalue weighted by molar-refractivity contribution is 7.47. The first-order valence-corrected chi connectivity index (χ1v) is 37.3. The van der Waals surface area contributed by atoms with E-state index >= 15 is 0 Å². The van der Waals surface area contributed by atoms with Gasteiger partial charge in [-0.2, -0.15) is 0 Å². The molecule has 486 valence electrons. The van der Waals surface area contributed by atoms with Gasteiger partial charge in [-0.15, -0.1) is 0 Å². The fraction of sp³-hybridized carbons (Fsp3) is 0.836. The van der Waals surface area contributed by atoms with E-state index in [0.29, 0.717) is 6.42 Å². The lowest BCUT2D eigenvalue weighted by Crippen LogP contribution is -2.29. The van der Waals surface area contributed by atoms with Crippen LogP contribution in [0.4, 0.5) is 0 Å². The van der Waals surface area contributed by atoms with Crippen LogP contribution in [0.25, 0.3) is 0 Å². The number of rotatable bonds is 68. The van der Waals surface area contributed by atoms with E-state index in [4.69, 9.17) is 24.3 Å². The zero-order chi connectivity index (χ0) is 60.1. The van der Waals surface area contributed by atoms with Crippen molar-refractivity contribution in [2.24, 2.45) is 5.73 Å². The minimum absolute atomic E-state index is 0.0542. The maximum Gasteiger partial charge on any atom is 0.472 e.